The van der Waals surface area contributed by atoms with Crippen LogP contribution in [0.2, 0.25) is 0 Å². The van der Waals surface area contributed by atoms with Gasteiger partial charge in [0.2, 0.25) is 0 Å². The van der Waals surface area contributed by atoms with Crippen molar-refractivity contribution in [2.45, 2.75) is 19.4 Å². The minimum Gasteiger partial charge on any atom is -0.496 e. The van der Waals surface area contributed by atoms with Crippen LogP contribution < -0.4 is 4.74 Å². The number of morpholine rings is 1. The van der Waals surface area contributed by atoms with E-state index < -0.39 is 0 Å². The molecule has 1 aromatic carbocycles. The van der Waals surface area contributed by atoms with Gasteiger partial charge in [0.1, 0.15) is 5.75 Å². The van der Waals surface area contributed by atoms with E-state index in [0.717, 1.165) is 19.6 Å². The number of ketones is 1. The molecule has 0 spiro atoms. The van der Waals surface area contributed by atoms with Gasteiger partial charge in [-0.3, -0.25) is 9.69 Å². The van der Waals surface area contributed by atoms with Crippen LogP contribution in [0.25, 0.3) is 0 Å². The van der Waals surface area contributed by atoms with E-state index in [-0.39, 0.29) is 5.78 Å². The Morgan fingerprint density at radius 2 is 2.26 bits per heavy atom. The van der Waals surface area contributed by atoms with Crippen LogP contribution in [-0.2, 0) is 4.74 Å². The molecule has 4 heteroatoms. The summed E-state index contributed by atoms with van der Waals surface area (Å²) < 4.78 is 10.7. The zero-order valence-electron chi connectivity index (χ0n) is 11.6. The molecule has 1 unspecified atom stereocenters. The first kappa shape index (κ1) is 14.0. The van der Waals surface area contributed by atoms with Crippen LogP contribution in [0.15, 0.2) is 24.3 Å². The van der Waals surface area contributed by atoms with E-state index in [1.54, 1.807) is 7.11 Å². The number of benzene rings is 1. The lowest BCUT2D eigenvalue weighted by Crippen LogP contribution is -2.47. The Bertz CT molecular complexity index is 433. The summed E-state index contributed by atoms with van der Waals surface area (Å²) in [5, 5.41) is 0. The lowest BCUT2D eigenvalue weighted by atomic mass is 10.1. The quantitative estimate of drug-likeness (QED) is 0.762. The lowest BCUT2D eigenvalue weighted by molar-refractivity contribution is -0.00588. The average Bonchev–Trinajstić information content (AvgIpc) is 2.47. The number of nitrogens with zero attached hydrogens (tertiary/aromatic N) is 1. The van der Waals surface area contributed by atoms with Crippen LogP contribution in [-0.4, -0.2) is 50.1 Å². The van der Waals surface area contributed by atoms with E-state index in [1.165, 1.54) is 0 Å². The molecular weight excluding hydrogens is 242 g/mol. The zero-order chi connectivity index (χ0) is 13.7. The van der Waals surface area contributed by atoms with Crippen molar-refractivity contribution in [2.24, 2.45) is 0 Å². The Morgan fingerprint density at radius 1 is 1.47 bits per heavy atom. The number of para-hydroxylation sites is 1. The van der Waals surface area contributed by atoms with Crippen LogP contribution in [0.5, 0.6) is 5.75 Å². The second-order valence-electron chi connectivity index (χ2n) is 4.73. The third-order valence-corrected chi connectivity index (χ3v) is 3.57. The molecule has 1 fully saturated rings. The van der Waals surface area contributed by atoms with Gasteiger partial charge in [-0.2, -0.15) is 0 Å². The van der Waals surface area contributed by atoms with Crippen molar-refractivity contribution < 1.29 is 14.3 Å². The summed E-state index contributed by atoms with van der Waals surface area (Å²) in [4.78, 5) is 14.6. The van der Waals surface area contributed by atoms with Crippen molar-refractivity contribution >= 4 is 5.78 Å². The molecule has 4 nitrogen and oxygen atoms in total. The number of carbonyl (C=O) groups is 1. The van der Waals surface area contributed by atoms with Gasteiger partial charge < -0.3 is 9.47 Å². The minimum absolute atomic E-state index is 0.109. The fraction of sp³-hybridized carbons (Fsp3) is 0.533. The topological polar surface area (TPSA) is 38.8 Å². The Labute approximate surface area is 114 Å². The number of rotatable bonds is 5. The molecule has 104 valence electrons. The van der Waals surface area contributed by atoms with Crippen LogP contribution in [0.3, 0.4) is 0 Å². The molecule has 0 radical (unpaired) electrons. The molecule has 0 N–H and O–H groups in total. The van der Waals surface area contributed by atoms with Gasteiger partial charge >= 0.3 is 0 Å². The standard InChI is InChI=1S/C15H21NO3/c1-3-12-11-19-9-8-16(12)10-14(17)13-6-4-5-7-15(13)18-2/h4-7,12H,3,8-11H2,1-2H3. The molecule has 1 heterocycles. The molecule has 1 atom stereocenters. The molecule has 0 saturated carbocycles. The van der Waals surface area contributed by atoms with E-state index in [0.29, 0.717) is 30.5 Å². The summed E-state index contributed by atoms with van der Waals surface area (Å²) in [6.45, 7) is 4.80. The van der Waals surface area contributed by atoms with Crippen LogP contribution in [0.4, 0.5) is 0 Å². The number of hydrogen-bond donors (Lipinski definition) is 0. The van der Waals surface area contributed by atoms with Gasteiger partial charge in [-0.1, -0.05) is 19.1 Å². The van der Waals surface area contributed by atoms with E-state index in [1.807, 2.05) is 24.3 Å². The van der Waals surface area contributed by atoms with Crippen molar-refractivity contribution in [3.05, 3.63) is 29.8 Å². The minimum atomic E-state index is 0.109. The molecule has 19 heavy (non-hydrogen) atoms. The summed E-state index contributed by atoms with van der Waals surface area (Å²) in [5.74, 6) is 0.756. The van der Waals surface area contributed by atoms with E-state index in [4.69, 9.17) is 9.47 Å². The van der Waals surface area contributed by atoms with Gasteiger partial charge in [-0.25, -0.2) is 0 Å². The summed E-state index contributed by atoms with van der Waals surface area (Å²) in [5.41, 5.74) is 0.659. The molecule has 0 bridgehead atoms. The molecule has 1 aliphatic heterocycles. The van der Waals surface area contributed by atoms with Gasteiger partial charge in [-0.15, -0.1) is 0 Å². The van der Waals surface area contributed by atoms with Crippen molar-refractivity contribution in [3.8, 4) is 5.75 Å². The molecule has 1 aromatic rings. The SMILES string of the molecule is CCC1COCCN1CC(=O)c1ccccc1OC. The fourth-order valence-electron chi connectivity index (χ4n) is 2.42. The zero-order valence-corrected chi connectivity index (χ0v) is 11.6. The third kappa shape index (κ3) is 3.33. The highest BCUT2D eigenvalue weighted by atomic mass is 16.5. The monoisotopic (exact) mass is 263 g/mol. The molecule has 1 aliphatic rings. The van der Waals surface area contributed by atoms with E-state index >= 15 is 0 Å². The van der Waals surface area contributed by atoms with E-state index in [9.17, 15) is 4.79 Å². The van der Waals surface area contributed by atoms with Crippen LogP contribution in [0.1, 0.15) is 23.7 Å². The summed E-state index contributed by atoms with van der Waals surface area (Å²) in [6, 6.07) is 7.73. The molecule has 2 rings (SSSR count). The maximum Gasteiger partial charge on any atom is 0.180 e. The second-order valence-corrected chi connectivity index (χ2v) is 4.73. The maximum absolute atomic E-state index is 12.4. The van der Waals surface area contributed by atoms with Crippen LogP contribution in [0, 0.1) is 0 Å². The maximum atomic E-state index is 12.4. The summed E-state index contributed by atoms with van der Waals surface area (Å²) in [6.07, 6.45) is 0.999. The predicted octanol–water partition coefficient (Wildman–Crippen LogP) is 1.99. The molecule has 1 saturated heterocycles. The molecule has 0 aliphatic carbocycles. The average molecular weight is 263 g/mol. The van der Waals surface area contributed by atoms with Gasteiger partial charge in [-0.05, 0) is 18.6 Å². The molecule has 0 amide bonds. The first-order chi connectivity index (χ1) is 9.26. The van der Waals surface area contributed by atoms with Crippen molar-refractivity contribution in [3.63, 3.8) is 0 Å². The van der Waals surface area contributed by atoms with Crippen molar-refractivity contribution in [1.82, 2.24) is 4.90 Å². The lowest BCUT2D eigenvalue weighted by Gasteiger charge is -2.34. The van der Waals surface area contributed by atoms with Gasteiger partial charge in [0.25, 0.3) is 0 Å². The highest BCUT2D eigenvalue weighted by Crippen LogP contribution is 2.19. The Balaban J connectivity index is 2.07. The first-order valence-electron chi connectivity index (χ1n) is 6.74. The van der Waals surface area contributed by atoms with Crippen molar-refractivity contribution in [2.75, 3.05) is 33.4 Å². The highest BCUT2D eigenvalue weighted by Gasteiger charge is 2.24. The Morgan fingerprint density at radius 3 is 3.00 bits per heavy atom. The number of hydrogen-bond acceptors (Lipinski definition) is 4. The molecule has 0 aromatic heterocycles. The number of ether oxygens (including phenoxy) is 2. The van der Waals surface area contributed by atoms with Crippen molar-refractivity contribution in [1.29, 1.82) is 0 Å². The third-order valence-electron chi connectivity index (χ3n) is 3.57. The normalized spacial score (nSPS) is 20.2. The summed E-state index contributed by atoms with van der Waals surface area (Å²) in [7, 11) is 1.59. The summed E-state index contributed by atoms with van der Waals surface area (Å²) >= 11 is 0. The van der Waals surface area contributed by atoms with E-state index in [2.05, 4.69) is 11.8 Å². The van der Waals surface area contributed by atoms with Gasteiger partial charge in [0.05, 0.1) is 32.4 Å². The highest BCUT2D eigenvalue weighted by molar-refractivity contribution is 6.00. The number of carbonyl (C=O) groups excluding carboxylic acids is 1. The first-order valence-corrected chi connectivity index (χ1v) is 6.74. The largest absolute Gasteiger partial charge is 0.496 e. The second kappa shape index (κ2) is 6.68. The van der Waals surface area contributed by atoms with Gasteiger partial charge in [0, 0.05) is 12.6 Å². The predicted molar refractivity (Wildman–Crippen MR) is 73.8 cm³/mol. The van der Waals surface area contributed by atoms with Crippen LogP contribution >= 0.6 is 0 Å². The molecular formula is C15H21NO3. The Kier molecular flexibility index (Phi) is 4.93. The fourth-order valence-corrected chi connectivity index (χ4v) is 2.42. The number of Topliss-reactive ketones (excluding diaryl/α,β-unsaturated/α-hetero) is 1. The van der Waals surface area contributed by atoms with Gasteiger partial charge in [0.15, 0.2) is 5.78 Å². The smallest absolute Gasteiger partial charge is 0.180 e. The Hall–Kier alpha value is -1.39. The number of methoxy groups -OCH3 is 1.